The van der Waals surface area contributed by atoms with Gasteiger partial charge < -0.3 is 28.5 Å². The van der Waals surface area contributed by atoms with E-state index >= 15 is 0 Å². The van der Waals surface area contributed by atoms with E-state index < -0.39 is 11.4 Å². The molecule has 1 saturated carbocycles. The molecule has 260 valence electrons. The van der Waals surface area contributed by atoms with E-state index in [-0.39, 0.29) is 30.2 Å². The number of benzene rings is 4. The molecule has 0 radical (unpaired) electrons. The van der Waals surface area contributed by atoms with Gasteiger partial charge in [0.15, 0.2) is 0 Å². The highest BCUT2D eigenvalue weighted by atomic mass is 32.2. The zero-order valence-corrected chi connectivity index (χ0v) is 28.8. The van der Waals surface area contributed by atoms with Crippen molar-refractivity contribution in [3.05, 3.63) is 125 Å². The number of halogens is 1. The topological polar surface area (TPSA) is 113 Å². The van der Waals surface area contributed by atoms with Crippen molar-refractivity contribution in [3.8, 4) is 11.3 Å². The molecule has 1 amide bonds. The smallest absolute Gasteiger partial charge is 0.338 e. The summed E-state index contributed by atoms with van der Waals surface area (Å²) in [6, 6.07) is 26.3. The maximum absolute atomic E-state index is 13.7. The lowest BCUT2D eigenvalue weighted by Crippen LogP contribution is -2.34. The van der Waals surface area contributed by atoms with Gasteiger partial charge in [0.2, 0.25) is 0 Å². The zero-order chi connectivity index (χ0) is 35.0. The first kappa shape index (κ1) is 35.2. The number of esters is 1. The first-order valence-corrected chi connectivity index (χ1v) is 18.0. The molecule has 1 atom stereocenters. The van der Waals surface area contributed by atoms with Crippen LogP contribution >= 0.6 is 0 Å². The average molecular weight is 699 g/mol. The zero-order valence-electron chi connectivity index (χ0n) is 28.0. The number of nitrogens with zero attached hydrogens (tertiary/aromatic N) is 1. The average Bonchev–Trinajstić information content (AvgIpc) is 3.92. The Morgan fingerprint density at radius 2 is 1.62 bits per heavy atom. The lowest BCUT2D eigenvalue weighted by atomic mass is 10.0. The second-order valence-electron chi connectivity index (χ2n) is 12.0. The van der Waals surface area contributed by atoms with Gasteiger partial charge in [-0.15, -0.1) is 0 Å². The molecule has 1 aromatic heterocycles. The van der Waals surface area contributed by atoms with Gasteiger partial charge in [0, 0.05) is 24.1 Å². The summed E-state index contributed by atoms with van der Waals surface area (Å²) in [7, 11) is 1.56. The molecule has 1 aliphatic carbocycles. The maximum Gasteiger partial charge on any atom is 0.338 e. The van der Waals surface area contributed by atoms with E-state index in [1.165, 1.54) is 12.1 Å². The molecule has 1 N–H and O–H groups in total. The molecule has 0 spiro atoms. The Hall–Kier alpha value is -4.68. The second-order valence-corrected chi connectivity index (χ2v) is 13.3. The van der Waals surface area contributed by atoms with Crippen molar-refractivity contribution in [3.63, 3.8) is 0 Å². The fourth-order valence-electron chi connectivity index (χ4n) is 5.73. The fraction of sp³-hybridized carbons (Fsp3) is 0.282. The van der Waals surface area contributed by atoms with E-state index in [2.05, 4.69) is 5.32 Å². The number of nitrogens with one attached hydrogen (secondary N) is 1. The minimum Gasteiger partial charge on any atom is -0.593 e. The van der Waals surface area contributed by atoms with Crippen LogP contribution in [0, 0.1) is 5.82 Å². The molecular formula is C39H39FN2O7S. The van der Waals surface area contributed by atoms with Crippen LogP contribution in [0.2, 0.25) is 0 Å². The van der Waals surface area contributed by atoms with Crippen molar-refractivity contribution in [2.24, 2.45) is 0 Å². The van der Waals surface area contributed by atoms with Crippen molar-refractivity contribution >= 4 is 39.9 Å². The van der Waals surface area contributed by atoms with Crippen molar-refractivity contribution in [2.75, 3.05) is 44.0 Å². The van der Waals surface area contributed by atoms with Gasteiger partial charge in [-0.25, -0.2) is 9.18 Å². The number of furan rings is 1. The Morgan fingerprint density at radius 1 is 0.920 bits per heavy atom. The SMILES string of the molecule is CNC(=O)c1c(-c2ccc(F)cc2)oc2cc(N(CCOCCOCc3ccc(C(=O)OCc4ccccc4)cc3)[S+](C)[O-])c(C3CC3)cc12. The van der Waals surface area contributed by atoms with Crippen LogP contribution in [0.15, 0.2) is 95.4 Å². The normalized spacial score (nSPS) is 13.3. The van der Waals surface area contributed by atoms with Crippen LogP contribution in [-0.4, -0.2) is 56.1 Å². The van der Waals surface area contributed by atoms with E-state index in [0.717, 1.165) is 35.2 Å². The number of hydrogen-bond donors (Lipinski definition) is 1. The van der Waals surface area contributed by atoms with Crippen LogP contribution in [0.5, 0.6) is 0 Å². The number of hydrogen-bond acceptors (Lipinski definition) is 8. The minimum absolute atomic E-state index is 0.219. The Morgan fingerprint density at radius 3 is 2.30 bits per heavy atom. The number of carbonyl (C=O) groups excluding carboxylic acids is 2. The van der Waals surface area contributed by atoms with Gasteiger partial charge in [-0.05, 0) is 77.9 Å². The van der Waals surface area contributed by atoms with Crippen molar-refractivity contribution in [1.29, 1.82) is 0 Å². The summed E-state index contributed by atoms with van der Waals surface area (Å²) in [4.78, 5) is 25.4. The van der Waals surface area contributed by atoms with Crippen LogP contribution in [0.1, 0.15) is 56.2 Å². The van der Waals surface area contributed by atoms with Crippen LogP contribution in [0.4, 0.5) is 10.1 Å². The molecule has 4 aromatic carbocycles. The third-order valence-electron chi connectivity index (χ3n) is 8.48. The molecule has 1 fully saturated rings. The molecular weight excluding hydrogens is 660 g/mol. The summed E-state index contributed by atoms with van der Waals surface area (Å²) in [6.07, 6.45) is 3.62. The predicted octanol–water partition coefficient (Wildman–Crippen LogP) is 7.17. The van der Waals surface area contributed by atoms with Crippen LogP contribution < -0.4 is 9.62 Å². The van der Waals surface area contributed by atoms with Gasteiger partial charge in [-0.3, -0.25) is 4.79 Å². The van der Waals surface area contributed by atoms with E-state index in [4.69, 9.17) is 18.6 Å². The third-order valence-corrected chi connectivity index (χ3v) is 9.48. The van der Waals surface area contributed by atoms with Gasteiger partial charge >= 0.3 is 5.97 Å². The molecule has 6 rings (SSSR count). The molecule has 0 aliphatic heterocycles. The molecule has 1 unspecified atom stereocenters. The standard InChI is InChI=1S/C39H39FN2O7S/c1-41-38(43)36-33-22-32(28-12-13-28)34(23-35(33)49-37(36)29-14-16-31(40)17-15-29)42(50(2)45)18-19-46-20-21-47-24-27-8-10-30(11-9-27)39(44)48-25-26-6-4-3-5-7-26/h3-11,14-17,22-23,28H,12-13,18-21,24-25H2,1-2H3,(H,41,43). The molecule has 0 bridgehead atoms. The lowest BCUT2D eigenvalue weighted by molar-refractivity contribution is 0.0434. The Bertz CT molecular complexity index is 1910. The van der Waals surface area contributed by atoms with Gasteiger partial charge in [0.25, 0.3) is 5.91 Å². The van der Waals surface area contributed by atoms with Crippen LogP contribution in [0.3, 0.4) is 0 Å². The Balaban J connectivity index is 1.04. The molecule has 9 nitrogen and oxygen atoms in total. The number of rotatable bonds is 16. The summed E-state index contributed by atoms with van der Waals surface area (Å²) in [6.45, 7) is 1.96. The highest BCUT2D eigenvalue weighted by Crippen LogP contribution is 2.48. The quantitative estimate of drug-likeness (QED) is 0.0656. The highest BCUT2D eigenvalue weighted by Gasteiger charge is 2.33. The summed E-state index contributed by atoms with van der Waals surface area (Å²) >= 11 is -1.37. The lowest BCUT2D eigenvalue weighted by Gasteiger charge is -2.26. The summed E-state index contributed by atoms with van der Waals surface area (Å²) in [5.41, 5.74) is 5.54. The van der Waals surface area contributed by atoms with Gasteiger partial charge in [0.1, 0.15) is 30.0 Å². The van der Waals surface area contributed by atoms with Gasteiger partial charge in [-0.2, -0.15) is 4.31 Å². The maximum atomic E-state index is 13.7. The monoisotopic (exact) mass is 698 g/mol. The van der Waals surface area contributed by atoms with E-state index in [0.29, 0.717) is 66.4 Å². The van der Waals surface area contributed by atoms with Crippen LogP contribution in [0.25, 0.3) is 22.3 Å². The van der Waals surface area contributed by atoms with Crippen molar-refractivity contribution in [2.45, 2.75) is 32.0 Å². The number of ether oxygens (including phenoxy) is 3. The number of amides is 1. The van der Waals surface area contributed by atoms with E-state index in [1.54, 1.807) is 41.9 Å². The Labute approximate surface area is 293 Å². The Kier molecular flexibility index (Phi) is 11.5. The first-order valence-electron chi connectivity index (χ1n) is 16.5. The second kappa shape index (κ2) is 16.4. The highest BCUT2D eigenvalue weighted by molar-refractivity contribution is 7.92. The summed E-state index contributed by atoms with van der Waals surface area (Å²) in [5.74, 6) is -0.438. The van der Waals surface area contributed by atoms with Crippen molar-refractivity contribution < 1.29 is 37.2 Å². The van der Waals surface area contributed by atoms with E-state index in [9.17, 15) is 18.5 Å². The summed E-state index contributed by atoms with van der Waals surface area (Å²) in [5, 5.41) is 3.35. The van der Waals surface area contributed by atoms with E-state index in [1.807, 2.05) is 54.6 Å². The molecule has 0 saturated heterocycles. The summed E-state index contributed by atoms with van der Waals surface area (Å²) < 4.78 is 51.8. The first-order chi connectivity index (χ1) is 24.3. The minimum atomic E-state index is -1.37. The molecule has 50 heavy (non-hydrogen) atoms. The number of anilines is 1. The predicted molar refractivity (Wildman–Crippen MR) is 191 cm³/mol. The molecule has 5 aromatic rings. The third kappa shape index (κ3) is 8.54. The molecule has 1 heterocycles. The number of carbonyl (C=O) groups is 2. The van der Waals surface area contributed by atoms with Crippen molar-refractivity contribution in [1.82, 2.24) is 5.32 Å². The fourth-order valence-corrected chi connectivity index (χ4v) is 6.50. The van der Waals surface area contributed by atoms with Gasteiger partial charge in [0.05, 0.1) is 61.1 Å². The molecule has 1 aliphatic rings. The number of fused-ring (bicyclic) bond motifs is 1. The largest absolute Gasteiger partial charge is 0.593 e. The molecule has 11 heteroatoms. The van der Waals surface area contributed by atoms with Gasteiger partial charge in [-0.1, -0.05) is 42.5 Å². The van der Waals surface area contributed by atoms with Crippen LogP contribution in [-0.2, 0) is 38.8 Å².